The average Bonchev–Trinajstić information content (AvgIpc) is 2.47. The zero-order valence-corrected chi connectivity index (χ0v) is 11.6. The minimum absolute atomic E-state index is 0.106. The van der Waals surface area contributed by atoms with Gasteiger partial charge in [0, 0.05) is 0 Å². The van der Waals surface area contributed by atoms with Crippen LogP contribution < -0.4 is 10.2 Å². The number of benzene rings is 2. The molecule has 2 aromatic rings. The zero-order chi connectivity index (χ0) is 15.2. The third-order valence-electron chi connectivity index (χ3n) is 2.95. The summed E-state index contributed by atoms with van der Waals surface area (Å²) in [4.78, 5) is 0. The van der Waals surface area contributed by atoms with E-state index < -0.39 is 12.9 Å². The summed E-state index contributed by atoms with van der Waals surface area (Å²) in [5.74, 6) is 0.216. The van der Waals surface area contributed by atoms with Crippen LogP contribution in [0.25, 0.3) is 0 Å². The van der Waals surface area contributed by atoms with Crippen LogP contribution in [-0.2, 0) is 18.0 Å². The number of halogens is 1. The summed E-state index contributed by atoms with van der Waals surface area (Å²) < 4.78 is 24.0. The molecule has 0 spiro atoms. The van der Waals surface area contributed by atoms with Gasteiger partial charge in [-0.05, 0) is 40.9 Å². The Morgan fingerprint density at radius 3 is 2.52 bits per heavy atom. The molecule has 110 valence electrons. The van der Waals surface area contributed by atoms with Crippen molar-refractivity contribution in [3.63, 3.8) is 0 Å². The summed E-state index contributed by atoms with van der Waals surface area (Å²) in [5, 5.41) is 18.1. The maximum atomic E-state index is 13.3. The minimum atomic E-state index is -1.70. The first kappa shape index (κ1) is 15.5. The van der Waals surface area contributed by atoms with Crippen molar-refractivity contribution < 1.29 is 23.9 Å². The van der Waals surface area contributed by atoms with Crippen molar-refractivity contribution in [3.8, 4) is 5.75 Å². The molecule has 0 saturated heterocycles. The molecule has 0 radical (unpaired) electrons. The molecule has 0 saturated carbocycles. The van der Waals surface area contributed by atoms with E-state index in [9.17, 15) is 4.39 Å². The van der Waals surface area contributed by atoms with E-state index in [1.165, 1.54) is 12.1 Å². The molecule has 2 rings (SSSR count). The normalized spacial score (nSPS) is 10.5. The summed E-state index contributed by atoms with van der Waals surface area (Å²) in [5.41, 5.74) is 1.59. The quantitative estimate of drug-likeness (QED) is 0.786. The van der Waals surface area contributed by atoms with Gasteiger partial charge in [0.1, 0.15) is 11.6 Å². The Balaban J connectivity index is 1.96. The van der Waals surface area contributed by atoms with Gasteiger partial charge >= 0.3 is 7.12 Å². The summed E-state index contributed by atoms with van der Waals surface area (Å²) in [7, 11) is -0.105. The highest BCUT2D eigenvalue weighted by atomic mass is 19.1. The number of rotatable bonds is 6. The van der Waals surface area contributed by atoms with Gasteiger partial charge in [0.15, 0.2) is 0 Å². The lowest BCUT2D eigenvalue weighted by Crippen LogP contribution is -2.30. The monoisotopic (exact) mass is 290 g/mol. The molecule has 2 N–H and O–H groups in total. The van der Waals surface area contributed by atoms with Crippen molar-refractivity contribution >= 4 is 12.6 Å². The summed E-state index contributed by atoms with van der Waals surface area (Å²) >= 11 is 0. The van der Waals surface area contributed by atoms with Gasteiger partial charge in [-0.3, -0.25) is 0 Å². The van der Waals surface area contributed by atoms with Crippen molar-refractivity contribution in [2.45, 2.75) is 13.2 Å². The molecule has 0 unspecified atom stereocenters. The van der Waals surface area contributed by atoms with Crippen molar-refractivity contribution in [2.24, 2.45) is 0 Å². The third kappa shape index (κ3) is 4.56. The molecule has 6 heteroatoms. The average molecular weight is 290 g/mol. The molecular weight excluding hydrogens is 274 g/mol. The molecule has 4 nitrogen and oxygen atoms in total. The van der Waals surface area contributed by atoms with E-state index >= 15 is 0 Å². The van der Waals surface area contributed by atoms with E-state index in [-0.39, 0.29) is 12.1 Å². The van der Waals surface area contributed by atoms with Crippen molar-refractivity contribution in [1.82, 2.24) is 0 Å². The van der Waals surface area contributed by atoms with Gasteiger partial charge in [-0.15, -0.1) is 0 Å². The summed E-state index contributed by atoms with van der Waals surface area (Å²) in [6, 6.07) is 11.3. The van der Waals surface area contributed by atoms with Crippen LogP contribution in [0.5, 0.6) is 5.75 Å². The first-order valence-corrected chi connectivity index (χ1v) is 6.44. The predicted octanol–water partition coefficient (Wildman–Crippen LogP) is 1.23. The lowest BCUT2D eigenvalue weighted by atomic mass is 9.79. The fourth-order valence-electron chi connectivity index (χ4n) is 1.96. The van der Waals surface area contributed by atoms with Crippen LogP contribution in [0.15, 0.2) is 42.5 Å². The summed E-state index contributed by atoms with van der Waals surface area (Å²) in [6.07, 6.45) is 0. The van der Waals surface area contributed by atoms with Crippen LogP contribution in [-0.4, -0.2) is 24.3 Å². The smallest absolute Gasteiger partial charge is 0.488 e. The Morgan fingerprint density at radius 1 is 1.05 bits per heavy atom. The Kier molecular flexibility index (Phi) is 5.33. The van der Waals surface area contributed by atoms with Crippen LogP contribution in [0, 0.1) is 5.82 Å². The van der Waals surface area contributed by atoms with E-state index in [1.807, 2.05) is 24.3 Å². The third-order valence-corrected chi connectivity index (χ3v) is 2.95. The number of methoxy groups -OCH3 is 1. The van der Waals surface area contributed by atoms with Gasteiger partial charge in [0.2, 0.25) is 0 Å². The first-order valence-electron chi connectivity index (χ1n) is 6.44. The maximum Gasteiger partial charge on any atom is 0.488 e. The highest BCUT2D eigenvalue weighted by molar-refractivity contribution is 6.58. The molecule has 21 heavy (non-hydrogen) atoms. The molecule has 0 aromatic heterocycles. The van der Waals surface area contributed by atoms with Gasteiger partial charge in [0.25, 0.3) is 0 Å². The van der Waals surface area contributed by atoms with E-state index in [2.05, 4.69) is 0 Å². The Morgan fingerprint density at radius 2 is 1.81 bits per heavy atom. The van der Waals surface area contributed by atoms with Gasteiger partial charge < -0.3 is 19.5 Å². The van der Waals surface area contributed by atoms with E-state index in [4.69, 9.17) is 19.5 Å². The predicted molar refractivity (Wildman–Crippen MR) is 77.7 cm³/mol. The molecular formula is C15H16BFO4. The molecule has 0 bridgehead atoms. The van der Waals surface area contributed by atoms with Gasteiger partial charge in [-0.25, -0.2) is 4.39 Å². The van der Waals surface area contributed by atoms with E-state index in [0.717, 1.165) is 17.4 Å². The molecule has 0 atom stereocenters. The van der Waals surface area contributed by atoms with Crippen LogP contribution in [0.2, 0.25) is 0 Å². The van der Waals surface area contributed by atoms with Crippen molar-refractivity contribution in [1.29, 1.82) is 0 Å². The fraction of sp³-hybridized carbons (Fsp3) is 0.200. The second-order valence-corrected chi connectivity index (χ2v) is 4.61. The Hall–Kier alpha value is -1.89. The molecule has 0 heterocycles. The highest BCUT2D eigenvalue weighted by Crippen LogP contribution is 2.14. The topological polar surface area (TPSA) is 58.9 Å². The maximum absolute atomic E-state index is 13.3. The first-order chi connectivity index (χ1) is 10.1. The van der Waals surface area contributed by atoms with Crippen LogP contribution in [0.3, 0.4) is 0 Å². The fourth-order valence-corrected chi connectivity index (χ4v) is 1.96. The Labute approximate surface area is 122 Å². The molecule has 0 amide bonds. The number of ether oxygens (including phenoxy) is 2. The van der Waals surface area contributed by atoms with E-state index in [1.54, 1.807) is 7.11 Å². The van der Waals surface area contributed by atoms with Crippen LogP contribution in [0.1, 0.15) is 11.1 Å². The van der Waals surface area contributed by atoms with E-state index in [0.29, 0.717) is 12.2 Å². The largest absolute Gasteiger partial charge is 0.497 e. The number of hydrogen-bond acceptors (Lipinski definition) is 4. The van der Waals surface area contributed by atoms with Gasteiger partial charge in [-0.1, -0.05) is 18.2 Å². The second-order valence-electron chi connectivity index (χ2n) is 4.61. The molecule has 0 aliphatic heterocycles. The molecule has 2 aromatic carbocycles. The second kappa shape index (κ2) is 7.22. The van der Waals surface area contributed by atoms with Gasteiger partial charge in [0.05, 0.1) is 20.3 Å². The molecule has 0 aliphatic rings. The van der Waals surface area contributed by atoms with Gasteiger partial charge in [-0.2, -0.15) is 0 Å². The van der Waals surface area contributed by atoms with Crippen LogP contribution >= 0.6 is 0 Å². The lowest BCUT2D eigenvalue weighted by molar-refractivity contribution is 0.107. The molecule has 0 aliphatic carbocycles. The zero-order valence-electron chi connectivity index (χ0n) is 11.6. The standard InChI is InChI=1S/C15H16BFO4/c1-20-15-4-2-3-11(7-15)9-21-10-12-5-13(16(18)19)8-14(17)6-12/h2-8,18-19H,9-10H2,1H3. The highest BCUT2D eigenvalue weighted by Gasteiger charge is 2.13. The van der Waals surface area contributed by atoms with Crippen molar-refractivity contribution in [2.75, 3.05) is 7.11 Å². The number of hydrogen-bond donors (Lipinski definition) is 2. The van der Waals surface area contributed by atoms with Crippen LogP contribution in [0.4, 0.5) is 4.39 Å². The lowest BCUT2D eigenvalue weighted by Gasteiger charge is -2.08. The molecule has 0 fully saturated rings. The Bertz CT molecular complexity index is 604. The summed E-state index contributed by atoms with van der Waals surface area (Å²) in [6.45, 7) is 0.527. The van der Waals surface area contributed by atoms with Crippen molar-refractivity contribution in [3.05, 3.63) is 59.4 Å². The minimum Gasteiger partial charge on any atom is -0.497 e. The SMILES string of the molecule is COc1cccc(COCc2cc(F)cc(B(O)O)c2)c1.